The van der Waals surface area contributed by atoms with Crippen LogP contribution >= 0.6 is 0 Å². The second kappa shape index (κ2) is 8.80. The van der Waals surface area contributed by atoms with E-state index in [0.29, 0.717) is 5.76 Å². The number of hydrogen-bond donors (Lipinski definition) is 1. The van der Waals surface area contributed by atoms with E-state index in [0.717, 1.165) is 48.8 Å². The number of ether oxygens (including phenoxy) is 1. The molecule has 0 fully saturated rings. The number of benzene rings is 2. The van der Waals surface area contributed by atoms with E-state index in [1.165, 1.54) is 11.1 Å². The molecule has 1 aromatic heterocycles. The Morgan fingerprint density at radius 3 is 2.39 bits per heavy atom. The van der Waals surface area contributed by atoms with E-state index in [1.54, 1.807) is 6.92 Å². The lowest BCUT2D eigenvalue weighted by Crippen LogP contribution is -2.24. The maximum absolute atomic E-state index is 11.4. The lowest BCUT2D eigenvalue weighted by molar-refractivity contribution is 0.317. The van der Waals surface area contributed by atoms with Gasteiger partial charge in [-0.1, -0.05) is 25.1 Å². The first-order valence-electron chi connectivity index (χ1n) is 9.55. The standard InChI is InChI=1S/C22H27NO4S/c1-4-13-26-20-10-7-17(8-11-20)5-6-18-9-12-21-19(14-18)15-22(27-21)16(2)23-28(3,24)25/h7-12,14-16,23H,4-6,13H2,1-3H3. The summed E-state index contributed by atoms with van der Waals surface area (Å²) in [6.07, 6.45) is 4.01. The second-order valence-corrected chi connectivity index (χ2v) is 8.91. The van der Waals surface area contributed by atoms with Crippen LogP contribution in [0.5, 0.6) is 5.75 Å². The molecule has 5 nitrogen and oxygen atoms in total. The highest BCUT2D eigenvalue weighted by atomic mass is 32.2. The zero-order chi connectivity index (χ0) is 20.1. The summed E-state index contributed by atoms with van der Waals surface area (Å²) >= 11 is 0. The molecule has 3 aromatic rings. The molecule has 28 heavy (non-hydrogen) atoms. The van der Waals surface area contributed by atoms with Crippen molar-refractivity contribution in [1.29, 1.82) is 0 Å². The van der Waals surface area contributed by atoms with Gasteiger partial charge in [-0.15, -0.1) is 0 Å². The molecule has 0 aliphatic carbocycles. The number of hydrogen-bond acceptors (Lipinski definition) is 4. The van der Waals surface area contributed by atoms with Crippen LogP contribution in [0, 0.1) is 0 Å². The smallest absolute Gasteiger partial charge is 0.209 e. The highest BCUT2D eigenvalue weighted by molar-refractivity contribution is 7.88. The van der Waals surface area contributed by atoms with Gasteiger partial charge in [-0.25, -0.2) is 13.1 Å². The Bertz CT molecular complexity index is 1020. The third-order valence-corrected chi connectivity index (χ3v) is 5.30. The molecule has 0 aliphatic heterocycles. The van der Waals surface area contributed by atoms with E-state index in [2.05, 4.69) is 35.9 Å². The fourth-order valence-electron chi connectivity index (χ4n) is 3.12. The fraction of sp³-hybridized carbons (Fsp3) is 0.364. The van der Waals surface area contributed by atoms with Crippen molar-refractivity contribution in [1.82, 2.24) is 4.72 Å². The summed E-state index contributed by atoms with van der Waals surface area (Å²) in [5.74, 6) is 1.52. The van der Waals surface area contributed by atoms with Crippen LogP contribution in [0.2, 0.25) is 0 Å². The molecule has 3 rings (SSSR count). The zero-order valence-electron chi connectivity index (χ0n) is 16.6. The summed E-state index contributed by atoms with van der Waals surface area (Å²) in [6, 6.07) is 15.9. The molecular weight excluding hydrogens is 374 g/mol. The van der Waals surface area contributed by atoms with E-state index in [-0.39, 0.29) is 0 Å². The predicted octanol–water partition coefficient (Wildman–Crippen LogP) is 4.62. The van der Waals surface area contributed by atoms with E-state index >= 15 is 0 Å². The van der Waals surface area contributed by atoms with Gasteiger partial charge in [-0.2, -0.15) is 0 Å². The molecule has 150 valence electrons. The van der Waals surface area contributed by atoms with Crippen LogP contribution < -0.4 is 9.46 Å². The minimum atomic E-state index is -3.28. The van der Waals surface area contributed by atoms with Crippen LogP contribution in [0.4, 0.5) is 0 Å². The Labute approximate surface area is 166 Å². The monoisotopic (exact) mass is 401 g/mol. The minimum Gasteiger partial charge on any atom is -0.494 e. The van der Waals surface area contributed by atoms with E-state index < -0.39 is 16.1 Å². The number of fused-ring (bicyclic) bond motifs is 1. The summed E-state index contributed by atoms with van der Waals surface area (Å²) in [5, 5.41) is 0.984. The van der Waals surface area contributed by atoms with Crippen LogP contribution in [0.3, 0.4) is 0 Å². The van der Waals surface area contributed by atoms with E-state index in [1.807, 2.05) is 24.3 Å². The average Bonchev–Trinajstić information content (AvgIpc) is 3.08. The molecule has 1 unspecified atom stereocenters. The molecule has 1 atom stereocenters. The molecule has 0 bridgehead atoms. The molecule has 0 saturated heterocycles. The quantitative estimate of drug-likeness (QED) is 0.568. The first-order valence-corrected chi connectivity index (χ1v) is 11.4. The van der Waals surface area contributed by atoms with Gasteiger partial charge in [-0.05, 0) is 67.6 Å². The third-order valence-electron chi connectivity index (χ3n) is 4.52. The first-order chi connectivity index (χ1) is 13.3. The highest BCUT2D eigenvalue weighted by Crippen LogP contribution is 2.26. The summed E-state index contributed by atoms with van der Waals surface area (Å²) in [7, 11) is -3.28. The Morgan fingerprint density at radius 1 is 1.04 bits per heavy atom. The van der Waals surface area contributed by atoms with Gasteiger partial charge in [0, 0.05) is 5.39 Å². The number of furan rings is 1. The van der Waals surface area contributed by atoms with Gasteiger partial charge in [0.2, 0.25) is 10.0 Å². The van der Waals surface area contributed by atoms with Crippen molar-refractivity contribution in [2.45, 2.75) is 39.2 Å². The molecule has 1 heterocycles. The van der Waals surface area contributed by atoms with Crippen molar-refractivity contribution < 1.29 is 17.6 Å². The molecule has 0 saturated carbocycles. The van der Waals surface area contributed by atoms with Crippen LogP contribution in [0.25, 0.3) is 11.0 Å². The van der Waals surface area contributed by atoms with Gasteiger partial charge >= 0.3 is 0 Å². The Kier molecular flexibility index (Phi) is 6.42. The van der Waals surface area contributed by atoms with Gasteiger partial charge in [0.15, 0.2) is 0 Å². The second-order valence-electron chi connectivity index (χ2n) is 7.13. The van der Waals surface area contributed by atoms with Crippen molar-refractivity contribution in [3.8, 4) is 5.75 Å². The summed E-state index contributed by atoms with van der Waals surface area (Å²) in [6.45, 7) is 4.61. The average molecular weight is 402 g/mol. The van der Waals surface area contributed by atoms with Crippen molar-refractivity contribution in [2.24, 2.45) is 0 Å². The number of nitrogens with one attached hydrogen (secondary N) is 1. The topological polar surface area (TPSA) is 68.5 Å². The van der Waals surface area contributed by atoms with Gasteiger partial charge in [-0.3, -0.25) is 0 Å². The maximum atomic E-state index is 11.4. The zero-order valence-corrected chi connectivity index (χ0v) is 17.4. The summed E-state index contributed by atoms with van der Waals surface area (Å²) < 4.78 is 36.8. The number of aryl methyl sites for hydroxylation is 2. The first kappa shape index (κ1) is 20.4. The molecule has 2 aromatic carbocycles. The van der Waals surface area contributed by atoms with Crippen molar-refractivity contribution in [2.75, 3.05) is 12.9 Å². The lowest BCUT2D eigenvalue weighted by atomic mass is 10.0. The summed E-state index contributed by atoms with van der Waals surface area (Å²) in [4.78, 5) is 0. The van der Waals surface area contributed by atoms with Crippen molar-refractivity contribution >= 4 is 21.0 Å². The fourth-order valence-corrected chi connectivity index (χ4v) is 3.88. The maximum Gasteiger partial charge on any atom is 0.209 e. The van der Waals surface area contributed by atoms with Gasteiger partial charge < -0.3 is 9.15 Å². The van der Waals surface area contributed by atoms with Gasteiger partial charge in [0.1, 0.15) is 17.1 Å². The molecule has 0 aliphatic rings. The molecule has 6 heteroatoms. The van der Waals surface area contributed by atoms with Crippen LogP contribution in [-0.4, -0.2) is 21.3 Å². The van der Waals surface area contributed by atoms with Crippen LogP contribution in [0.1, 0.15) is 43.2 Å². The van der Waals surface area contributed by atoms with Crippen molar-refractivity contribution in [3.05, 3.63) is 65.4 Å². The van der Waals surface area contributed by atoms with Crippen LogP contribution in [0.15, 0.2) is 52.9 Å². The van der Waals surface area contributed by atoms with Crippen molar-refractivity contribution in [3.63, 3.8) is 0 Å². The molecule has 0 radical (unpaired) electrons. The molecule has 0 spiro atoms. The Balaban J connectivity index is 1.65. The SMILES string of the molecule is CCCOc1ccc(CCc2ccc3oc(C(C)NS(C)(=O)=O)cc3c2)cc1. The van der Waals surface area contributed by atoms with Gasteiger partial charge in [0.05, 0.1) is 18.9 Å². The third kappa shape index (κ3) is 5.59. The Hall–Kier alpha value is -2.31. The van der Waals surface area contributed by atoms with E-state index in [9.17, 15) is 8.42 Å². The Morgan fingerprint density at radius 2 is 1.71 bits per heavy atom. The molecule has 1 N–H and O–H groups in total. The lowest BCUT2D eigenvalue weighted by Gasteiger charge is -2.08. The number of sulfonamides is 1. The van der Waals surface area contributed by atoms with E-state index in [4.69, 9.17) is 9.15 Å². The molecular formula is C22H27NO4S. The minimum absolute atomic E-state index is 0.403. The predicted molar refractivity (Wildman–Crippen MR) is 112 cm³/mol. The summed E-state index contributed by atoms with van der Waals surface area (Å²) in [5.41, 5.74) is 3.25. The number of rotatable bonds is 9. The highest BCUT2D eigenvalue weighted by Gasteiger charge is 2.15. The van der Waals surface area contributed by atoms with Crippen LogP contribution in [-0.2, 0) is 22.9 Å². The largest absolute Gasteiger partial charge is 0.494 e. The molecule has 0 amide bonds. The normalized spacial score (nSPS) is 13.0. The van der Waals surface area contributed by atoms with Gasteiger partial charge in [0.25, 0.3) is 0 Å².